The zero-order chi connectivity index (χ0) is 14.2. The number of carbonyl (C=O) groups is 1. The molecule has 100 valence electrons. The predicted molar refractivity (Wildman–Crippen MR) is 69.5 cm³/mol. The Hall–Kier alpha value is -2.02. The van der Waals surface area contributed by atoms with Crippen LogP contribution in [0.5, 0.6) is 0 Å². The average molecular weight is 281 g/mol. The van der Waals surface area contributed by atoms with Gasteiger partial charge >= 0.3 is 5.97 Å². The second-order valence-electron chi connectivity index (χ2n) is 4.02. The van der Waals surface area contributed by atoms with Gasteiger partial charge in [0.05, 0.1) is 12.7 Å². The van der Waals surface area contributed by atoms with E-state index < -0.39 is 11.8 Å². The van der Waals surface area contributed by atoms with Gasteiger partial charge in [0.15, 0.2) is 0 Å². The molecule has 1 aromatic heterocycles. The fourth-order valence-corrected chi connectivity index (χ4v) is 2.02. The average Bonchev–Trinajstić information content (AvgIpc) is 2.67. The van der Waals surface area contributed by atoms with Gasteiger partial charge in [-0.1, -0.05) is 0 Å². The summed E-state index contributed by atoms with van der Waals surface area (Å²) < 4.78 is 20.3. The molecule has 0 aliphatic heterocycles. The molecule has 0 fully saturated rings. The molecule has 0 aliphatic rings. The van der Waals surface area contributed by atoms with Crippen molar-refractivity contribution >= 4 is 18.2 Å². The third kappa shape index (κ3) is 2.41. The van der Waals surface area contributed by atoms with Crippen LogP contribution in [0.25, 0.3) is 5.69 Å². The molecule has 7 heteroatoms. The molecule has 5 nitrogen and oxygen atoms in total. The van der Waals surface area contributed by atoms with E-state index in [-0.39, 0.29) is 10.5 Å². The van der Waals surface area contributed by atoms with Crippen LogP contribution in [-0.4, -0.2) is 27.8 Å². The molecule has 2 aromatic rings. The van der Waals surface area contributed by atoms with Gasteiger partial charge in [-0.2, -0.15) is 0 Å². The molecule has 0 radical (unpaired) electrons. The number of aromatic nitrogens is 3. The number of ether oxygens (including phenoxy) is 1. The lowest BCUT2D eigenvalue weighted by Crippen LogP contribution is -2.09. The number of benzene rings is 1. The van der Waals surface area contributed by atoms with Crippen LogP contribution in [0.4, 0.5) is 4.39 Å². The molecule has 1 heterocycles. The van der Waals surface area contributed by atoms with Crippen molar-refractivity contribution in [3.05, 3.63) is 39.7 Å². The first-order valence-corrected chi connectivity index (χ1v) is 5.89. The summed E-state index contributed by atoms with van der Waals surface area (Å²) in [5.41, 5.74) is 0.975. The van der Waals surface area contributed by atoms with Gasteiger partial charge in [-0.25, -0.2) is 18.9 Å². The van der Waals surface area contributed by atoms with Crippen LogP contribution in [0.15, 0.2) is 12.1 Å². The Bertz CT molecular complexity index is 705. The number of carbonyl (C=O) groups excluding carboxylic acids is 1. The molecule has 0 aliphatic carbocycles. The highest BCUT2D eigenvalue weighted by molar-refractivity contribution is 7.71. The Labute approximate surface area is 114 Å². The Morgan fingerprint density at radius 3 is 2.68 bits per heavy atom. The van der Waals surface area contributed by atoms with Crippen molar-refractivity contribution in [2.45, 2.75) is 13.8 Å². The van der Waals surface area contributed by atoms with Crippen LogP contribution >= 0.6 is 12.2 Å². The molecule has 0 amide bonds. The summed E-state index contributed by atoms with van der Waals surface area (Å²) in [5.74, 6) is -0.490. The monoisotopic (exact) mass is 281 g/mol. The Kier molecular flexibility index (Phi) is 3.48. The van der Waals surface area contributed by atoms with Crippen molar-refractivity contribution in [1.29, 1.82) is 0 Å². The fourth-order valence-electron chi connectivity index (χ4n) is 1.80. The largest absolute Gasteiger partial charge is 0.465 e. The topological polar surface area (TPSA) is 59.9 Å². The highest BCUT2D eigenvalue weighted by Crippen LogP contribution is 2.20. The van der Waals surface area contributed by atoms with Gasteiger partial charge in [0, 0.05) is 0 Å². The van der Waals surface area contributed by atoms with Crippen molar-refractivity contribution in [1.82, 2.24) is 14.8 Å². The van der Waals surface area contributed by atoms with Gasteiger partial charge in [-0.15, -0.1) is 0 Å². The van der Waals surface area contributed by atoms with Gasteiger partial charge in [0.2, 0.25) is 4.77 Å². The maximum atomic E-state index is 14.0. The molecule has 1 aromatic carbocycles. The molecule has 2 rings (SSSR count). The van der Waals surface area contributed by atoms with Crippen molar-refractivity contribution in [3.8, 4) is 5.69 Å². The first-order valence-electron chi connectivity index (χ1n) is 5.48. The number of aryl methyl sites for hydroxylation is 2. The number of esters is 1. The lowest BCUT2D eigenvalue weighted by molar-refractivity contribution is 0.0600. The lowest BCUT2D eigenvalue weighted by Gasteiger charge is -2.10. The maximum absolute atomic E-state index is 14.0. The molecule has 0 saturated heterocycles. The molecule has 1 N–H and O–H groups in total. The molecule has 0 unspecified atom stereocenters. The summed E-state index contributed by atoms with van der Waals surface area (Å²) in [4.78, 5) is 15.6. The van der Waals surface area contributed by atoms with E-state index in [2.05, 4.69) is 14.8 Å². The third-order valence-corrected chi connectivity index (χ3v) is 2.92. The molecule has 0 spiro atoms. The number of hydrogen-bond acceptors (Lipinski definition) is 4. The van der Waals surface area contributed by atoms with Crippen molar-refractivity contribution < 1.29 is 13.9 Å². The summed E-state index contributed by atoms with van der Waals surface area (Å²) >= 11 is 4.90. The van der Waals surface area contributed by atoms with Crippen LogP contribution in [0.2, 0.25) is 0 Å². The quantitative estimate of drug-likeness (QED) is 0.678. The summed E-state index contributed by atoms with van der Waals surface area (Å²) in [7, 11) is 1.28. The lowest BCUT2D eigenvalue weighted by atomic mass is 10.1. The molecule has 19 heavy (non-hydrogen) atoms. The zero-order valence-corrected chi connectivity index (χ0v) is 11.5. The summed E-state index contributed by atoms with van der Waals surface area (Å²) in [5, 5.41) is 2.73. The maximum Gasteiger partial charge on any atom is 0.338 e. The van der Waals surface area contributed by atoms with E-state index in [0.717, 1.165) is 0 Å². The SMILES string of the molecule is COC(=O)c1cc(-n2[nH]c(=S)nc2C)c(F)cc1C. The number of halogens is 1. The van der Waals surface area contributed by atoms with E-state index in [1.54, 1.807) is 13.8 Å². The third-order valence-electron chi connectivity index (χ3n) is 2.73. The van der Waals surface area contributed by atoms with Gasteiger partial charge in [0.1, 0.15) is 17.3 Å². The van der Waals surface area contributed by atoms with E-state index in [4.69, 9.17) is 12.2 Å². The Balaban J connectivity index is 2.67. The Morgan fingerprint density at radius 2 is 2.16 bits per heavy atom. The summed E-state index contributed by atoms with van der Waals surface area (Å²) in [6.07, 6.45) is 0. The Morgan fingerprint density at radius 1 is 1.47 bits per heavy atom. The van der Waals surface area contributed by atoms with Crippen LogP contribution in [0.3, 0.4) is 0 Å². The fraction of sp³-hybridized carbons (Fsp3) is 0.250. The minimum atomic E-state index is -0.518. The summed E-state index contributed by atoms with van der Waals surface area (Å²) in [6.45, 7) is 3.32. The molecule has 0 bridgehead atoms. The number of H-pyrrole nitrogens is 1. The molecular formula is C12H12FN3O2S. The number of hydrogen-bond donors (Lipinski definition) is 1. The van der Waals surface area contributed by atoms with E-state index >= 15 is 0 Å². The van der Waals surface area contributed by atoms with Crippen LogP contribution < -0.4 is 0 Å². The van der Waals surface area contributed by atoms with Crippen molar-refractivity contribution in [3.63, 3.8) is 0 Å². The highest BCUT2D eigenvalue weighted by atomic mass is 32.1. The van der Waals surface area contributed by atoms with Gasteiger partial charge in [0.25, 0.3) is 0 Å². The van der Waals surface area contributed by atoms with Gasteiger partial charge in [-0.3, -0.25) is 5.10 Å². The number of methoxy groups -OCH3 is 1. The minimum absolute atomic E-state index is 0.173. The van der Waals surface area contributed by atoms with Crippen molar-refractivity contribution in [2.24, 2.45) is 0 Å². The van der Waals surface area contributed by atoms with E-state index in [9.17, 15) is 9.18 Å². The van der Waals surface area contributed by atoms with Crippen LogP contribution in [-0.2, 0) is 4.74 Å². The predicted octanol–water partition coefficient (Wildman–Crippen LogP) is 2.47. The van der Waals surface area contributed by atoms with Gasteiger partial charge < -0.3 is 4.74 Å². The smallest absolute Gasteiger partial charge is 0.338 e. The molecular weight excluding hydrogens is 269 g/mol. The number of nitrogens with zero attached hydrogens (tertiary/aromatic N) is 2. The first-order chi connectivity index (χ1) is 8.93. The van der Waals surface area contributed by atoms with E-state index in [1.165, 1.54) is 23.9 Å². The first kappa shape index (κ1) is 13.4. The number of aromatic amines is 1. The minimum Gasteiger partial charge on any atom is -0.465 e. The highest BCUT2D eigenvalue weighted by Gasteiger charge is 2.16. The molecule has 0 atom stereocenters. The number of rotatable bonds is 2. The van der Waals surface area contributed by atoms with Crippen molar-refractivity contribution in [2.75, 3.05) is 7.11 Å². The van der Waals surface area contributed by atoms with Crippen LogP contribution in [0, 0.1) is 24.4 Å². The number of nitrogens with one attached hydrogen (secondary N) is 1. The zero-order valence-electron chi connectivity index (χ0n) is 10.7. The van der Waals surface area contributed by atoms with Crippen LogP contribution in [0.1, 0.15) is 21.7 Å². The normalized spacial score (nSPS) is 10.5. The molecule has 0 saturated carbocycles. The standard InChI is InChI=1S/C12H12FN3O2S/c1-6-4-9(13)10(5-8(6)11(17)18-3)16-7(2)14-12(19)15-16/h4-5H,1-3H3,(H,15,19). The second kappa shape index (κ2) is 4.93. The van der Waals surface area contributed by atoms with E-state index in [1.807, 2.05) is 0 Å². The summed E-state index contributed by atoms with van der Waals surface area (Å²) in [6, 6.07) is 2.69. The van der Waals surface area contributed by atoms with E-state index in [0.29, 0.717) is 17.0 Å². The second-order valence-corrected chi connectivity index (χ2v) is 4.41. The van der Waals surface area contributed by atoms with Gasteiger partial charge in [-0.05, 0) is 43.8 Å².